The van der Waals surface area contributed by atoms with Crippen molar-refractivity contribution in [3.05, 3.63) is 54.5 Å². The van der Waals surface area contributed by atoms with E-state index in [0.717, 1.165) is 30.2 Å². The lowest BCUT2D eigenvalue weighted by atomic mass is 10.2. The van der Waals surface area contributed by atoms with Crippen molar-refractivity contribution >= 4 is 17.5 Å². The van der Waals surface area contributed by atoms with E-state index in [1.54, 1.807) is 18.6 Å². The molecule has 0 bridgehead atoms. The molecular weight excluding hydrogens is 344 g/mol. The minimum absolute atomic E-state index is 0.554. The summed E-state index contributed by atoms with van der Waals surface area (Å²) in [6, 6.07) is 9.71. The molecule has 4 rings (SSSR count). The van der Waals surface area contributed by atoms with Gasteiger partial charge in [0.2, 0.25) is 5.95 Å². The molecule has 0 radical (unpaired) electrons. The van der Waals surface area contributed by atoms with E-state index in [2.05, 4.69) is 25.5 Å². The molecule has 8 heteroatoms. The number of ether oxygens (including phenoxy) is 2. The average Bonchev–Trinajstić information content (AvgIpc) is 2.73. The smallest absolute Gasteiger partial charge is 0.247 e. The van der Waals surface area contributed by atoms with Crippen molar-refractivity contribution in [1.82, 2.24) is 20.2 Å². The van der Waals surface area contributed by atoms with Crippen molar-refractivity contribution < 1.29 is 9.47 Å². The van der Waals surface area contributed by atoms with Gasteiger partial charge in [-0.05, 0) is 36.2 Å². The van der Waals surface area contributed by atoms with Gasteiger partial charge in [-0.1, -0.05) is 0 Å². The van der Waals surface area contributed by atoms with E-state index < -0.39 is 0 Å². The van der Waals surface area contributed by atoms with Crippen molar-refractivity contribution in [3.8, 4) is 11.5 Å². The molecule has 0 spiro atoms. The summed E-state index contributed by atoms with van der Waals surface area (Å²) in [7, 11) is 1.95. The molecule has 138 valence electrons. The van der Waals surface area contributed by atoms with Gasteiger partial charge in [-0.25, -0.2) is 0 Å². The van der Waals surface area contributed by atoms with Crippen LogP contribution in [0.1, 0.15) is 5.56 Å². The fourth-order valence-corrected chi connectivity index (χ4v) is 2.73. The Bertz CT molecular complexity index is 906. The van der Waals surface area contributed by atoms with Gasteiger partial charge in [0.1, 0.15) is 13.2 Å². The highest BCUT2D eigenvalue weighted by Gasteiger charge is 2.12. The van der Waals surface area contributed by atoms with Crippen LogP contribution in [0.15, 0.2) is 48.9 Å². The Morgan fingerprint density at radius 3 is 2.74 bits per heavy atom. The van der Waals surface area contributed by atoms with Gasteiger partial charge in [-0.2, -0.15) is 10.1 Å². The van der Waals surface area contributed by atoms with E-state index in [0.29, 0.717) is 25.0 Å². The molecule has 1 aliphatic rings. The number of benzene rings is 1. The molecule has 0 fully saturated rings. The Balaban J connectivity index is 1.42. The van der Waals surface area contributed by atoms with Crippen molar-refractivity contribution in [3.63, 3.8) is 0 Å². The van der Waals surface area contributed by atoms with Gasteiger partial charge in [0.05, 0.1) is 6.20 Å². The molecule has 1 aliphatic heterocycles. The van der Waals surface area contributed by atoms with E-state index >= 15 is 0 Å². The van der Waals surface area contributed by atoms with E-state index in [1.807, 2.05) is 42.3 Å². The molecule has 3 heterocycles. The first kappa shape index (κ1) is 17.0. The Kier molecular flexibility index (Phi) is 4.95. The quantitative estimate of drug-likeness (QED) is 0.714. The summed E-state index contributed by atoms with van der Waals surface area (Å²) >= 11 is 0. The number of hydrogen-bond acceptors (Lipinski definition) is 8. The Morgan fingerprint density at radius 2 is 1.89 bits per heavy atom. The minimum Gasteiger partial charge on any atom is -0.486 e. The third kappa shape index (κ3) is 4.22. The number of aromatic nitrogens is 4. The van der Waals surface area contributed by atoms with Crippen molar-refractivity contribution in [2.75, 3.05) is 37.0 Å². The van der Waals surface area contributed by atoms with Gasteiger partial charge in [0.25, 0.3) is 0 Å². The predicted octanol–water partition coefficient (Wildman–Crippen LogP) is 2.46. The van der Waals surface area contributed by atoms with Crippen LogP contribution in [0.25, 0.3) is 0 Å². The molecule has 3 aromatic rings. The largest absolute Gasteiger partial charge is 0.486 e. The topological polar surface area (TPSA) is 85.3 Å². The first-order valence-corrected chi connectivity index (χ1v) is 8.74. The number of hydrogen-bond donors (Lipinski definition) is 1. The van der Waals surface area contributed by atoms with Crippen LogP contribution in [-0.4, -0.2) is 47.0 Å². The summed E-state index contributed by atoms with van der Waals surface area (Å²) in [6.45, 7) is 1.90. The highest BCUT2D eigenvalue weighted by Crippen LogP contribution is 2.33. The third-order valence-corrected chi connectivity index (χ3v) is 4.19. The van der Waals surface area contributed by atoms with Gasteiger partial charge in [0.15, 0.2) is 17.3 Å². The Labute approximate surface area is 157 Å². The zero-order chi connectivity index (χ0) is 18.5. The molecule has 8 nitrogen and oxygen atoms in total. The summed E-state index contributed by atoms with van der Waals surface area (Å²) in [6.07, 6.45) is 6.07. The number of likely N-dealkylation sites (N-methyl/N-ethyl adjacent to an activating group) is 1. The maximum Gasteiger partial charge on any atom is 0.247 e. The SMILES string of the molecule is CN(CCc1ccncc1)c1nncc(Nc2ccc3c(c2)OCCO3)n1. The summed E-state index contributed by atoms with van der Waals surface area (Å²) in [5, 5.41) is 11.4. The van der Waals surface area contributed by atoms with Gasteiger partial charge in [0, 0.05) is 37.7 Å². The van der Waals surface area contributed by atoms with E-state index in [4.69, 9.17) is 9.47 Å². The molecule has 0 aliphatic carbocycles. The van der Waals surface area contributed by atoms with Crippen LogP contribution >= 0.6 is 0 Å². The van der Waals surface area contributed by atoms with Crippen LogP contribution in [0, 0.1) is 0 Å². The molecule has 0 unspecified atom stereocenters. The van der Waals surface area contributed by atoms with Crippen LogP contribution < -0.4 is 19.7 Å². The summed E-state index contributed by atoms with van der Waals surface area (Å²) in [5.74, 6) is 2.66. The highest BCUT2D eigenvalue weighted by atomic mass is 16.6. The van der Waals surface area contributed by atoms with Gasteiger partial charge >= 0.3 is 0 Å². The second-order valence-electron chi connectivity index (χ2n) is 6.15. The maximum atomic E-state index is 5.61. The van der Waals surface area contributed by atoms with Crippen LogP contribution in [0.2, 0.25) is 0 Å². The molecule has 27 heavy (non-hydrogen) atoms. The van der Waals surface area contributed by atoms with Crippen LogP contribution in [0.3, 0.4) is 0 Å². The second kappa shape index (κ2) is 7.86. The second-order valence-corrected chi connectivity index (χ2v) is 6.15. The maximum absolute atomic E-state index is 5.61. The fourth-order valence-electron chi connectivity index (χ4n) is 2.73. The minimum atomic E-state index is 0.554. The average molecular weight is 364 g/mol. The number of nitrogens with zero attached hydrogens (tertiary/aromatic N) is 5. The number of anilines is 3. The van der Waals surface area contributed by atoms with Crippen molar-refractivity contribution in [2.45, 2.75) is 6.42 Å². The monoisotopic (exact) mass is 364 g/mol. The lowest BCUT2D eigenvalue weighted by Crippen LogP contribution is -2.23. The first-order valence-electron chi connectivity index (χ1n) is 8.74. The normalized spacial score (nSPS) is 12.5. The lowest BCUT2D eigenvalue weighted by molar-refractivity contribution is 0.171. The number of rotatable bonds is 6. The van der Waals surface area contributed by atoms with E-state index in [9.17, 15) is 0 Å². The van der Waals surface area contributed by atoms with Crippen LogP contribution in [0.5, 0.6) is 11.5 Å². The zero-order valence-corrected chi connectivity index (χ0v) is 15.0. The van der Waals surface area contributed by atoms with E-state index in [1.165, 1.54) is 5.56 Å². The molecule has 0 atom stereocenters. The standard InChI is InChI=1S/C19H20N6O2/c1-25(9-6-14-4-7-20-8-5-14)19-23-18(13-21-24-19)22-15-2-3-16-17(12-15)27-11-10-26-16/h2-5,7-8,12-13H,6,9-11H2,1H3,(H,22,23,24). The number of fused-ring (bicyclic) bond motifs is 1. The molecule has 0 saturated carbocycles. The predicted molar refractivity (Wildman–Crippen MR) is 102 cm³/mol. The van der Waals surface area contributed by atoms with Gasteiger partial charge < -0.3 is 19.7 Å². The summed E-state index contributed by atoms with van der Waals surface area (Å²) in [5.41, 5.74) is 2.07. The lowest BCUT2D eigenvalue weighted by Gasteiger charge is -2.19. The Morgan fingerprint density at radius 1 is 1.07 bits per heavy atom. The molecule has 1 N–H and O–H groups in total. The molecule has 2 aromatic heterocycles. The number of nitrogens with one attached hydrogen (secondary N) is 1. The fraction of sp³-hybridized carbons (Fsp3) is 0.263. The van der Waals surface area contributed by atoms with Crippen LogP contribution in [0.4, 0.5) is 17.5 Å². The summed E-state index contributed by atoms with van der Waals surface area (Å²) in [4.78, 5) is 10.6. The van der Waals surface area contributed by atoms with Crippen LogP contribution in [-0.2, 0) is 6.42 Å². The third-order valence-electron chi connectivity index (χ3n) is 4.19. The van der Waals surface area contributed by atoms with Gasteiger partial charge in [-0.3, -0.25) is 4.98 Å². The number of pyridine rings is 1. The first-order chi connectivity index (χ1) is 13.3. The molecule has 1 aromatic carbocycles. The summed E-state index contributed by atoms with van der Waals surface area (Å²) < 4.78 is 11.2. The zero-order valence-electron chi connectivity index (χ0n) is 15.0. The Hall–Kier alpha value is -3.42. The molecule has 0 saturated heterocycles. The molecular formula is C19H20N6O2. The van der Waals surface area contributed by atoms with Crippen molar-refractivity contribution in [2.24, 2.45) is 0 Å². The highest BCUT2D eigenvalue weighted by molar-refractivity contribution is 5.61. The van der Waals surface area contributed by atoms with Gasteiger partial charge in [-0.15, -0.1) is 5.10 Å². The molecule has 0 amide bonds. The van der Waals surface area contributed by atoms with Crippen molar-refractivity contribution in [1.29, 1.82) is 0 Å². The van der Waals surface area contributed by atoms with E-state index in [-0.39, 0.29) is 0 Å².